The SMILES string of the molecule is CN(C(=O)O)c1cc[c]cn1. The average molecular weight is 151 g/mol. The van der Waals surface area contributed by atoms with Gasteiger partial charge < -0.3 is 5.11 Å². The van der Waals surface area contributed by atoms with E-state index in [0.29, 0.717) is 5.82 Å². The molecule has 11 heavy (non-hydrogen) atoms. The van der Waals surface area contributed by atoms with Gasteiger partial charge in [-0.1, -0.05) is 0 Å². The highest BCUT2D eigenvalue weighted by atomic mass is 16.4. The van der Waals surface area contributed by atoms with Gasteiger partial charge in [0.2, 0.25) is 0 Å². The number of pyridine rings is 1. The lowest BCUT2D eigenvalue weighted by Crippen LogP contribution is -2.24. The zero-order valence-electron chi connectivity index (χ0n) is 5.98. The fourth-order valence-corrected chi connectivity index (χ4v) is 0.609. The third kappa shape index (κ3) is 1.67. The van der Waals surface area contributed by atoms with Crippen molar-refractivity contribution in [1.82, 2.24) is 4.98 Å². The lowest BCUT2D eigenvalue weighted by Gasteiger charge is -2.09. The van der Waals surface area contributed by atoms with Crippen LogP contribution < -0.4 is 4.90 Å². The standard InChI is InChI=1S/C7H7N2O2/c1-9(7(10)11)6-4-2-3-5-8-6/h2,4-5H,1H3,(H,10,11). The van der Waals surface area contributed by atoms with E-state index >= 15 is 0 Å². The van der Waals surface area contributed by atoms with Gasteiger partial charge in [-0.25, -0.2) is 9.78 Å². The van der Waals surface area contributed by atoms with Gasteiger partial charge in [0.05, 0.1) is 0 Å². The van der Waals surface area contributed by atoms with Crippen LogP contribution in [0.3, 0.4) is 0 Å². The van der Waals surface area contributed by atoms with Crippen LogP contribution in [0, 0.1) is 6.07 Å². The summed E-state index contributed by atoms with van der Waals surface area (Å²) < 4.78 is 0. The zero-order chi connectivity index (χ0) is 8.27. The summed E-state index contributed by atoms with van der Waals surface area (Å²) in [6.45, 7) is 0. The molecule has 0 saturated heterocycles. The Labute approximate surface area is 64.1 Å². The smallest absolute Gasteiger partial charge is 0.412 e. The second-order valence-electron chi connectivity index (χ2n) is 1.96. The van der Waals surface area contributed by atoms with E-state index in [0.717, 1.165) is 4.90 Å². The molecule has 1 rings (SSSR count). The number of anilines is 1. The van der Waals surface area contributed by atoms with Gasteiger partial charge in [0.1, 0.15) is 5.82 Å². The number of hydrogen-bond donors (Lipinski definition) is 1. The summed E-state index contributed by atoms with van der Waals surface area (Å²) in [4.78, 5) is 15.2. The minimum atomic E-state index is -1.02. The molecular weight excluding hydrogens is 144 g/mol. The molecule has 0 saturated carbocycles. The first-order valence-electron chi connectivity index (χ1n) is 3.00. The normalized spacial score (nSPS) is 9.18. The van der Waals surface area contributed by atoms with Gasteiger partial charge in [0.15, 0.2) is 0 Å². The van der Waals surface area contributed by atoms with Gasteiger partial charge in [-0.3, -0.25) is 4.90 Å². The van der Waals surface area contributed by atoms with E-state index in [4.69, 9.17) is 5.11 Å². The summed E-state index contributed by atoms with van der Waals surface area (Å²) in [5.41, 5.74) is 0. The Kier molecular flexibility index (Phi) is 2.06. The van der Waals surface area contributed by atoms with Crippen molar-refractivity contribution < 1.29 is 9.90 Å². The summed E-state index contributed by atoms with van der Waals surface area (Å²) in [7, 11) is 1.44. The van der Waals surface area contributed by atoms with E-state index < -0.39 is 6.09 Å². The Balaban J connectivity index is 2.85. The fourth-order valence-electron chi connectivity index (χ4n) is 0.609. The highest BCUT2D eigenvalue weighted by Gasteiger charge is 2.07. The predicted molar refractivity (Wildman–Crippen MR) is 39.5 cm³/mol. The second kappa shape index (κ2) is 3.01. The van der Waals surface area contributed by atoms with Crippen molar-refractivity contribution in [3.8, 4) is 0 Å². The van der Waals surface area contributed by atoms with Crippen molar-refractivity contribution in [3.05, 3.63) is 24.4 Å². The minimum Gasteiger partial charge on any atom is -0.465 e. The first-order chi connectivity index (χ1) is 5.22. The van der Waals surface area contributed by atoms with Crippen molar-refractivity contribution in [2.45, 2.75) is 0 Å². The molecule has 0 fully saturated rings. The van der Waals surface area contributed by atoms with Crippen LogP contribution in [0.4, 0.5) is 10.6 Å². The summed E-state index contributed by atoms with van der Waals surface area (Å²) in [5.74, 6) is 0.399. The molecule has 4 heteroatoms. The van der Waals surface area contributed by atoms with Gasteiger partial charge >= 0.3 is 6.09 Å². The van der Waals surface area contributed by atoms with Crippen molar-refractivity contribution in [2.24, 2.45) is 0 Å². The molecule has 0 atom stereocenters. The van der Waals surface area contributed by atoms with Crippen LogP contribution in [0.2, 0.25) is 0 Å². The van der Waals surface area contributed by atoms with E-state index in [-0.39, 0.29) is 0 Å². The topological polar surface area (TPSA) is 53.4 Å². The summed E-state index contributed by atoms with van der Waals surface area (Å²) in [5, 5.41) is 8.51. The Bertz CT molecular complexity index is 248. The van der Waals surface area contributed by atoms with Gasteiger partial charge in [-0.2, -0.15) is 0 Å². The highest BCUT2D eigenvalue weighted by Crippen LogP contribution is 2.05. The van der Waals surface area contributed by atoms with Crippen LogP contribution in [0.25, 0.3) is 0 Å². The largest absolute Gasteiger partial charge is 0.465 e. The van der Waals surface area contributed by atoms with Gasteiger partial charge in [0.25, 0.3) is 0 Å². The van der Waals surface area contributed by atoms with Crippen LogP contribution in [0.5, 0.6) is 0 Å². The monoisotopic (exact) mass is 151 g/mol. The molecular formula is C7H7N2O2. The number of nitrogens with zero attached hydrogens (tertiary/aromatic N) is 2. The first kappa shape index (κ1) is 7.53. The Morgan fingerprint density at radius 3 is 3.00 bits per heavy atom. The van der Waals surface area contributed by atoms with Crippen molar-refractivity contribution >= 4 is 11.9 Å². The molecule has 0 spiro atoms. The molecule has 1 heterocycles. The van der Waals surface area contributed by atoms with Crippen molar-refractivity contribution in [3.63, 3.8) is 0 Å². The highest BCUT2D eigenvalue weighted by molar-refractivity contribution is 5.83. The Hall–Kier alpha value is -1.58. The molecule has 0 aliphatic carbocycles. The molecule has 0 bridgehead atoms. The third-order valence-electron chi connectivity index (χ3n) is 1.23. The maximum absolute atomic E-state index is 10.4. The zero-order valence-corrected chi connectivity index (χ0v) is 5.98. The molecule has 0 aliphatic rings. The lowest BCUT2D eigenvalue weighted by atomic mass is 10.4. The predicted octanol–water partition coefficient (Wildman–Crippen LogP) is 0.996. The summed E-state index contributed by atoms with van der Waals surface area (Å²) in [6, 6.07) is 5.89. The van der Waals surface area contributed by atoms with Crippen LogP contribution in [0.15, 0.2) is 18.3 Å². The van der Waals surface area contributed by atoms with E-state index in [9.17, 15) is 4.79 Å². The Morgan fingerprint density at radius 2 is 2.55 bits per heavy atom. The number of carboxylic acid groups (broad SMARTS) is 1. The van der Waals surface area contributed by atoms with E-state index in [1.165, 1.54) is 13.2 Å². The molecule has 0 aliphatic heterocycles. The van der Waals surface area contributed by atoms with E-state index in [1.807, 2.05) is 0 Å². The number of hydrogen-bond acceptors (Lipinski definition) is 2. The third-order valence-corrected chi connectivity index (χ3v) is 1.23. The molecule has 1 aromatic rings. The van der Waals surface area contributed by atoms with Crippen molar-refractivity contribution in [1.29, 1.82) is 0 Å². The maximum atomic E-state index is 10.4. The number of amides is 1. The summed E-state index contributed by atoms with van der Waals surface area (Å²) in [6.07, 6.45) is 0.401. The lowest BCUT2D eigenvalue weighted by molar-refractivity contribution is 0.203. The van der Waals surface area contributed by atoms with Crippen LogP contribution in [0.1, 0.15) is 0 Å². The van der Waals surface area contributed by atoms with Crippen LogP contribution in [-0.4, -0.2) is 23.2 Å². The maximum Gasteiger partial charge on any atom is 0.412 e. The van der Waals surface area contributed by atoms with Crippen LogP contribution in [-0.2, 0) is 0 Å². The van der Waals surface area contributed by atoms with Crippen molar-refractivity contribution in [2.75, 3.05) is 11.9 Å². The van der Waals surface area contributed by atoms with Crippen LogP contribution >= 0.6 is 0 Å². The molecule has 1 N–H and O–H groups in total. The molecule has 1 amide bonds. The molecule has 1 aromatic heterocycles. The number of carbonyl (C=O) groups is 1. The van der Waals surface area contributed by atoms with E-state index in [1.54, 1.807) is 12.1 Å². The quantitative estimate of drug-likeness (QED) is 0.651. The van der Waals surface area contributed by atoms with Gasteiger partial charge in [-0.05, 0) is 12.1 Å². The Morgan fingerprint density at radius 1 is 1.82 bits per heavy atom. The molecule has 57 valence electrons. The molecule has 4 nitrogen and oxygen atoms in total. The van der Waals surface area contributed by atoms with Gasteiger partial charge in [0, 0.05) is 19.3 Å². The fraction of sp³-hybridized carbons (Fsp3) is 0.143. The second-order valence-corrected chi connectivity index (χ2v) is 1.96. The number of aromatic nitrogens is 1. The summed E-state index contributed by atoms with van der Waals surface area (Å²) >= 11 is 0. The molecule has 0 unspecified atom stereocenters. The molecule has 1 radical (unpaired) electrons. The number of rotatable bonds is 1. The van der Waals surface area contributed by atoms with Gasteiger partial charge in [-0.15, -0.1) is 0 Å². The minimum absolute atomic E-state index is 0.399. The van der Waals surface area contributed by atoms with E-state index in [2.05, 4.69) is 11.1 Å². The first-order valence-corrected chi connectivity index (χ1v) is 3.00. The molecule has 0 aromatic carbocycles. The average Bonchev–Trinajstić information content (AvgIpc) is 2.05.